The average molecular weight is 206 g/mol. The summed E-state index contributed by atoms with van der Waals surface area (Å²) in [6, 6.07) is 8.90. The van der Waals surface area contributed by atoms with Gasteiger partial charge in [-0.2, -0.15) is 0 Å². The van der Waals surface area contributed by atoms with Crippen molar-refractivity contribution in [3.05, 3.63) is 35.9 Å². The van der Waals surface area contributed by atoms with Crippen molar-refractivity contribution >= 4 is 11.9 Å². The Kier molecular flexibility index (Phi) is 2.00. The van der Waals surface area contributed by atoms with Crippen LogP contribution < -0.4 is 0 Å². The Labute approximate surface area is 86.2 Å². The molecule has 2 N–H and O–H groups in total. The molecule has 1 aliphatic carbocycles. The van der Waals surface area contributed by atoms with Crippen molar-refractivity contribution in [2.75, 3.05) is 0 Å². The smallest absolute Gasteiger partial charge is 0.321 e. The number of carbonyl (C=O) groups is 2. The summed E-state index contributed by atoms with van der Waals surface area (Å²) in [6.07, 6.45) is 0.182. The van der Waals surface area contributed by atoms with Gasteiger partial charge in [0.15, 0.2) is 5.41 Å². The van der Waals surface area contributed by atoms with Crippen LogP contribution in [-0.4, -0.2) is 22.2 Å². The molecule has 0 aliphatic heterocycles. The molecule has 4 heteroatoms. The number of carboxylic acids is 2. The largest absolute Gasteiger partial charge is 0.480 e. The summed E-state index contributed by atoms with van der Waals surface area (Å²) in [7, 11) is 0. The molecule has 1 aliphatic rings. The number of rotatable bonds is 3. The Morgan fingerprint density at radius 1 is 1.13 bits per heavy atom. The molecule has 1 fully saturated rings. The first-order valence-electron chi connectivity index (χ1n) is 4.61. The van der Waals surface area contributed by atoms with Crippen LogP contribution in [0.15, 0.2) is 30.3 Å². The summed E-state index contributed by atoms with van der Waals surface area (Å²) >= 11 is 0. The first kappa shape index (κ1) is 9.71. The van der Waals surface area contributed by atoms with Gasteiger partial charge in [-0.05, 0) is 12.0 Å². The van der Waals surface area contributed by atoms with E-state index in [4.69, 9.17) is 10.2 Å². The van der Waals surface area contributed by atoms with E-state index in [0.717, 1.165) is 5.56 Å². The summed E-state index contributed by atoms with van der Waals surface area (Å²) in [4.78, 5) is 21.9. The van der Waals surface area contributed by atoms with Gasteiger partial charge in [0.2, 0.25) is 0 Å². The molecule has 1 atom stereocenters. The lowest BCUT2D eigenvalue weighted by Gasteiger charge is -2.06. The molecule has 15 heavy (non-hydrogen) atoms. The van der Waals surface area contributed by atoms with E-state index < -0.39 is 23.3 Å². The second-order valence-corrected chi connectivity index (χ2v) is 3.75. The monoisotopic (exact) mass is 206 g/mol. The predicted octanol–water partition coefficient (Wildman–Crippen LogP) is 1.33. The van der Waals surface area contributed by atoms with Crippen LogP contribution in [0, 0.1) is 5.41 Å². The van der Waals surface area contributed by atoms with Gasteiger partial charge >= 0.3 is 11.9 Å². The van der Waals surface area contributed by atoms with E-state index in [1.54, 1.807) is 24.3 Å². The molecule has 0 saturated heterocycles. The fourth-order valence-corrected chi connectivity index (χ4v) is 1.91. The highest BCUT2D eigenvalue weighted by atomic mass is 16.4. The number of hydrogen-bond acceptors (Lipinski definition) is 2. The molecular formula is C11H10O4. The Morgan fingerprint density at radius 2 is 1.67 bits per heavy atom. The van der Waals surface area contributed by atoms with E-state index >= 15 is 0 Å². The van der Waals surface area contributed by atoms with Crippen molar-refractivity contribution < 1.29 is 19.8 Å². The van der Waals surface area contributed by atoms with Crippen LogP contribution in [0.4, 0.5) is 0 Å². The molecule has 0 radical (unpaired) electrons. The SMILES string of the molecule is O=C(O)C1(C(=O)O)C[C@H]1c1ccccc1. The van der Waals surface area contributed by atoms with Crippen molar-refractivity contribution in [2.45, 2.75) is 12.3 Å². The maximum atomic E-state index is 10.9. The minimum absolute atomic E-state index is 0.182. The molecule has 0 aromatic heterocycles. The molecule has 4 nitrogen and oxygen atoms in total. The number of carboxylic acid groups (broad SMARTS) is 2. The number of aliphatic carboxylic acids is 2. The third-order valence-electron chi connectivity index (χ3n) is 2.93. The highest BCUT2D eigenvalue weighted by Crippen LogP contribution is 2.59. The summed E-state index contributed by atoms with van der Waals surface area (Å²) in [5, 5.41) is 17.9. The molecule has 78 valence electrons. The van der Waals surface area contributed by atoms with Gasteiger partial charge in [0, 0.05) is 5.92 Å². The van der Waals surface area contributed by atoms with Crippen molar-refractivity contribution in [3.63, 3.8) is 0 Å². The lowest BCUT2D eigenvalue weighted by Crippen LogP contribution is -2.26. The maximum absolute atomic E-state index is 10.9. The Bertz CT molecular complexity index is 396. The van der Waals surface area contributed by atoms with Crippen LogP contribution in [-0.2, 0) is 9.59 Å². The minimum atomic E-state index is -1.60. The first-order valence-corrected chi connectivity index (χ1v) is 4.61. The third kappa shape index (κ3) is 1.29. The van der Waals surface area contributed by atoms with Crippen molar-refractivity contribution in [2.24, 2.45) is 5.41 Å². The number of benzene rings is 1. The molecule has 1 aromatic rings. The van der Waals surface area contributed by atoms with Crippen LogP contribution in [0.3, 0.4) is 0 Å². The summed E-state index contributed by atoms with van der Waals surface area (Å²) < 4.78 is 0. The first-order chi connectivity index (χ1) is 7.09. The van der Waals surface area contributed by atoms with E-state index in [0.29, 0.717) is 0 Å². The van der Waals surface area contributed by atoms with Crippen LogP contribution in [0.2, 0.25) is 0 Å². The van der Waals surface area contributed by atoms with Crippen LogP contribution in [0.25, 0.3) is 0 Å². The van der Waals surface area contributed by atoms with Gasteiger partial charge in [0.05, 0.1) is 0 Å². The van der Waals surface area contributed by atoms with Gasteiger partial charge in [-0.1, -0.05) is 30.3 Å². The van der Waals surface area contributed by atoms with Crippen LogP contribution in [0.1, 0.15) is 17.9 Å². The summed E-state index contributed by atoms with van der Waals surface area (Å²) in [5.74, 6) is -2.89. The Balaban J connectivity index is 2.31. The molecule has 2 rings (SSSR count). The van der Waals surface area contributed by atoms with Gasteiger partial charge in [-0.15, -0.1) is 0 Å². The normalized spacial score (nSPS) is 22.0. The molecule has 0 unspecified atom stereocenters. The van der Waals surface area contributed by atoms with Gasteiger partial charge in [-0.3, -0.25) is 9.59 Å². The van der Waals surface area contributed by atoms with Crippen molar-refractivity contribution in [1.82, 2.24) is 0 Å². The molecular weight excluding hydrogens is 196 g/mol. The van der Waals surface area contributed by atoms with Crippen molar-refractivity contribution in [3.8, 4) is 0 Å². The van der Waals surface area contributed by atoms with Gasteiger partial charge in [0.1, 0.15) is 0 Å². The highest BCUT2D eigenvalue weighted by molar-refractivity contribution is 6.03. The molecule has 1 saturated carbocycles. The fraction of sp³-hybridized carbons (Fsp3) is 0.273. The quantitative estimate of drug-likeness (QED) is 0.731. The standard InChI is InChI=1S/C11H10O4/c12-9(13)11(10(14)15)6-8(11)7-4-2-1-3-5-7/h1-5,8H,6H2,(H,12,13)(H,14,15)/t8-/m0/s1. The fourth-order valence-electron chi connectivity index (χ4n) is 1.91. The zero-order valence-corrected chi connectivity index (χ0v) is 7.88. The van der Waals surface area contributed by atoms with Crippen LogP contribution >= 0.6 is 0 Å². The zero-order chi connectivity index (χ0) is 11.1. The maximum Gasteiger partial charge on any atom is 0.321 e. The molecule has 0 amide bonds. The number of hydrogen-bond donors (Lipinski definition) is 2. The molecule has 1 aromatic carbocycles. The highest BCUT2D eigenvalue weighted by Gasteiger charge is 2.67. The van der Waals surface area contributed by atoms with E-state index in [-0.39, 0.29) is 6.42 Å². The molecule has 0 spiro atoms. The average Bonchev–Trinajstić information content (AvgIpc) is 2.95. The Hall–Kier alpha value is -1.84. The zero-order valence-electron chi connectivity index (χ0n) is 7.88. The van der Waals surface area contributed by atoms with Crippen molar-refractivity contribution in [1.29, 1.82) is 0 Å². The second kappa shape index (κ2) is 3.08. The minimum Gasteiger partial charge on any atom is -0.480 e. The summed E-state index contributed by atoms with van der Waals surface area (Å²) in [5.41, 5.74) is -0.816. The van der Waals surface area contributed by atoms with Gasteiger partial charge in [0.25, 0.3) is 0 Å². The van der Waals surface area contributed by atoms with E-state index in [9.17, 15) is 9.59 Å². The predicted molar refractivity (Wildman–Crippen MR) is 51.5 cm³/mol. The Morgan fingerprint density at radius 3 is 2.07 bits per heavy atom. The molecule has 0 bridgehead atoms. The summed E-state index contributed by atoms with van der Waals surface area (Å²) in [6.45, 7) is 0. The molecule has 0 heterocycles. The van der Waals surface area contributed by atoms with Gasteiger partial charge in [-0.25, -0.2) is 0 Å². The van der Waals surface area contributed by atoms with Crippen LogP contribution in [0.5, 0.6) is 0 Å². The third-order valence-corrected chi connectivity index (χ3v) is 2.93. The lowest BCUT2D eigenvalue weighted by atomic mass is 9.99. The lowest BCUT2D eigenvalue weighted by molar-refractivity contribution is -0.157. The van der Waals surface area contributed by atoms with E-state index in [2.05, 4.69) is 0 Å². The van der Waals surface area contributed by atoms with Gasteiger partial charge < -0.3 is 10.2 Å². The topological polar surface area (TPSA) is 74.6 Å². The second-order valence-electron chi connectivity index (χ2n) is 3.75. The van der Waals surface area contributed by atoms with E-state index in [1.807, 2.05) is 6.07 Å². The van der Waals surface area contributed by atoms with E-state index in [1.165, 1.54) is 0 Å².